The SMILES string of the molecule is COc1ccc(Sc2nc(Nc3cccc(F)c3)nc(N[C@@H](CC(C)C)C(=O)NCCN3CCOCC3)n2)cc1. The van der Waals surface area contributed by atoms with Crippen LogP contribution in [0.1, 0.15) is 20.3 Å². The number of aromatic nitrogens is 3. The van der Waals surface area contributed by atoms with Crippen LogP contribution in [0.2, 0.25) is 0 Å². The molecule has 214 valence electrons. The van der Waals surface area contributed by atoms with Gasteiger partial charge in [0, 0.05) is 36.8 Å². The number of carbonyl (C=O) groups excluding carboxylic acids is 1. The predicted molar refractivity (Wildman–Crippen MR) is 154 cm³/mol. The van der Waals surface area contributed by atoms with Crippen LogP contribution < -0.4 is 20.7 Å². The van der Waals surface area contributed by atoms with E-state index in [0.29, 0.717) is 37.0 Å². The zero-order valence-corrected chi connectivity index (χ0v) is 23.8. The van der Waals surface area contributed by atoms with Crippen molar-refractivity contribution in [3.05, 3.63) is 54.3 Å². The Morgan fingerprint density at radius 3 is 2.55 bits per heavy atom. The summed E-state index contributed by atoms with van der Waals surface area (Å²) in [7, 11) is 1.61. The number of hydrogen-bond donors (Lipinski definition) is 3. The van der Waals surface area contributed by atoms with Crippen molar-refractivity contribution in [2.75, 3.05) is 57.1 Å². The van der Waals surface area contributed by atoms with Crippen LogP contribution in [-0.2, 0) is 9.53 Å². The van der Waals surface area contributed by atoms with Gasteiger partial charge in [-0.25, -0.2) is 4.39 Å². The van der Waals surface area contributed by atoms with Gasteiger partial charge in [0.05, 0.1) is 20.3 Å². The molecule has 1 aromatic heterocycles. The summed E-state index contributed by atoms with van der Waals surface area (Å²) >= 11 is 1.34. The van der Waals surface area contributed by atoms with Gasteiger partial charge in [0.1, 0.15) is 17.6 Å². The van der Waals surface area contributed by atoms with E-state index >= 15 is 0 Å². The molecular formula is C28H36FN7O3S. The number of hydrogen-bond acceptors (Lipinski definition) is 10. The minimum absolute atomic E-state index is 0.119. The van der Waals surface area contributed by atoms with Gasteiger partial charge in [-0.1, -0.05) is 19.9 Å². The molecule has 0 bridgehead atoms. The molecule has 1 aliphatic heterocycles. The number of halogens is 1. The molecule has 1 saturated heterocycles. The minimum atomic E-state index is -0.548. The lowest BCUT2D eigenvalue weighted by Gasteiger charge is -2.27. The molecule has 12 heteroatoms. The van der Waals surface area contributed by atoms with Crippen molar-refractivity contribution in [2.45, 2.75) is 36.4 Å². The number of nitrogens with one attached hydrogen (secondary N) is 3. The fourth-order valence-electron chi connectivity index (χ4n) is 4.11. The van der Waals surface area contributed by atoms with Crippen LogP contribution >= 0.6 is 11.8 Å². The van der Waals surface area contributed by atoms with Crippen LogP contribution in [0.15, 0.2) is 58.6 Å². The first kappa shape index (κ1) is 29.5. The van der Waals surface area contributed by atoms with Crippen molar-refractivity contribution in [3.8, 4) is 5.75 Å². The highest BCUT2D eigenvalue weighted by molar-refractivity contribution is 7.99. The van der Waals surface area contributed by atoms with E-state index in [1.54, 1.807) is 19.2 Å². The number of rotatable bonds is 13. The number of carbonyl (C=O) groups is 1. The molecular weight excluding hydrogens is 533 g/mol. The number of amides is 1. The first-order valence-corrected chi connectivity index (χ1v) is 14.1. The average molecular weight is 570 g/mol. The first-order valence-electron chi connectivity index (χ1n) is 13.3. The third kappa shape index (κ3) is 9.32. The number of anilines is 3. The van der Waals surface area contributed by atoms with Crippen LogP contribution in [0.3, 0.4) is 0 Å². The molecule has 2 aromatic carbocycles. The van der Waals surface area contributed by atoms with Gasteiger partial charge in [-0.05, 0) is 66.6 Å². The third-order valence-corrected chi connectivity index (χ3v) is 7.00. The van der Waals surface area contributed by atoms with Gasteiger partial charge in [-0.15, -0.1) is 0 Å². The fraction of sp³-hybridized carbons (Fsp3) is 0.429. The summed E-state index contributed by atoms with van der Waals surface area (Å²) in [5.41, 5.74) is 0.497. The fourth-order valence-corrected chi connectivity index (χ4v) is 4.86. The highest BCUT2D eigenvalue weighted by atomic mass is 32.2. The second kappa shape index (κ2) is 14.8. The zero-order valence-electron chi connectivity index (χ0n) is 23.0. The van der Waals surface area contributed by atoms with Crippen LogP contribution in [-0.4, -0.2) is 78.3 Å². The predicted octanol–water partition coefficient (Wildman–Crippen LogP) is 4.19. The van der Waals surface area contributed by atoms with Crippen LogP contribution in [0.5, 0.6) is 5.75 Å². The molecule has 0 spiro atoms. The third-order valence-electron chi connectivity index (χ3n) is 6.12. The largest absolute Gasteiger partial charge is 0.497 e. The van der Waals surface area contributed by atoms with Crippen LogP contribution in [0, 0.1) is 11.7 Å². The second-order valence-electron chi connectivity index (χ2n) is 9.75. The van der Waals surface area contributed by atoms with Gasteiger partial charge in [-0.3, -0.25) is 9.69 Å². The number of benzene rings is 2. The molecule has 1 aliphatic rings. The van der Waals surface area contributed by atoms with E-state index in [1.807, 2.05) is 24.3 Å². The van der Waals surface area contributed by atoms with Gasteiger partial charge in [0.25, 0.3) is 0 Å². The molecule has 1 atom stereocenters. The van der Waals surface area contributed by atoms with E-state index in [4.69, 9.17) is 9.47 Å². The molecule has 10 nitrogen and oxygen atoms in total. The monoisotopic (exact) mass is 569 g/mol. The molecule has 0 saturated carbocycles. The van der Waals surface area contributed by atoms with Gasteiger partial charge in [-0.2, -0.15) is 15.0 Å². The molecule has 1 amide bonds. The highest BCUT2D eigenvalue weighted by Gasteiger charge is 2.22. The molecule has 0 radical (unpaired) electrons. The Balaban J connectivity index is 1.52. The standard InChI is InChI=1S/C28H36FN7O3S/c1-19(2)17-24(25(37)30-11-12-36-13-15-39-16-14-36)32-27-33-26(31-21-6-4-5-20(29)18-21)34-28(35-27)40-23-9-7-22(38-3)8-10-23/h4-10,18-19,24H,11-17H2,1-3H3,(H,30,37)(H2,31,32,33,34,35)/t24-/m0/s1. The Morgan fingerprint density at radius 1 is 1.10 bits per heavy atom. The zero-order chi connectivity index (χ0) is 28.3. The topological polar surface area (TPSA) is 114 Å². The summed E-state index contributed by atoms with van der Waals surface area (Å²) < 4.78 is 24.5. The van der Waals surface area contributed by atoms with Gasteiger partial charge < -0.3 is 25.4 Å². The van der Waals surface area contributed by atoms with E-state index in [2.05, 4.69) is 49.6 Å². The summed E-state index contributed by atoms with van der Waals surface area (Å²) in [6.45, 7) is 8.59. The second-order valence-corrected chi connectivity index (χ2v) is 10.8. The van der Waals surface area contributed by atoms with Crippen molar-refractivity contribution < 1.29 is 18.7 Å². The average Bonchev–Trinajstić information content (AvgIpc) is 2.93. The maximum atomic E-state index is 13.8. The highest BCUT2D eigenvalue weighted by Crippen LogP contribution is 2.28. The minimum Gasteiger partial charge on any atom is -0.497 e. The van der Waals surface area contributed by atoms with E-state index in [0.717, 1.165) is 30.3 Å². The molecule has 3 aromatic rings. The molecule has 1 fully saturated rings. The molecule has 4 rings (SSSR count). The van der Waals surface area contributed by atoms with Crippen molar-refractivity contribution >= 4 is 35.3 Å². The smallest absolute Gasteiger partial charge is 0.242 e. The van der Waals surface area contributed by atoms with Crippen molar-refractivity contribution in [2.24, 2.45) is 5.92 Å². The van der Waals surface area contributed by atoms with Gasteiger partial charge in [0.15, 0.2) is 5.16 Å². The Kier molecular flexibility index (Phi) is 10.9. The van der Waals surface area contributed by atoms with Gasteiger partial charge >= 0.3 is 0 Å². The molecule has 2 heterocycles. The maximum Gasteiger partial charge on any atom is 0.242 e. The summed E-state index contributed by atoms with van der Waals surface area (Å²) in [6, 6.07) is 13.0. The number of morpholine rings is 1. The Bertz CT molecular complexity index is 1240. The summed E-state index contributed by atoms with van der Waals surface area (Å²) in [5.74, 6) is 0.978. The number of ether oxygens (including phenoxy) is 2. The summed E-state index contributed by atoms with van der Waals surface area (Å²) in [4.78, 5) is 30.0. The molecule has 3 N–H and O–H groups in total. The van der Waals surface area contributed by atoms with Gasteiger partial charge in [0.2, 0.25) is 17.8 Å². The van der Waals surface area contributed by atoms with Crippen molar-refractivity contribution in [1.29, 1.82) is 0 Å². The molecule has 40 heavy (non-hydrogen) atoms. The summed E-state index contributed by atoms with van der Waals surface area (Å²) in [5, 5.41) is 9.74. The van der Waals surface area contributed by atoms with Crippen LogP contribution in [0.4, 0.5) is 22.0 Å². The lowest BCUT2D eigenvalue weighted by molar-refractivity contribution is -0.122. The van der Waals surface area contributed by atoms with E-state index in [1.165, 1.54) is 23.9 Å². The number of methoxy groups -OCH3 is 1. The number of nitrogens with zero attached hydrogens (tertiary/aromatic N) is 4. The summed E-state index contributed by atoms with van der Waals surface area (Å²) in [6.07, 6.45) is 0.586. The Morgan fingerprint density at radius 2 is 1.85 bits per heavy atom. The van der Waals surface area contributed by atoms with E-state index < -0.39 is 6.04 Å². The maximum absolute atomic E-state index is 13.8. The molecule has 0 unspecified atom stereocenters. The Hall–Kier alpha value is -3.48. The van der Waals surface area contributed by atoms with E-state index in [-0.39, 0.29) is 29.5 Å². The first-order chi connectivity index (χ1) is 19.4. The van der Waals surface area contributed by atoms with Crippen LogP contribution in [0.25, 0.3) is 0 Å². The van der Waals surface area contributed by atoms with Crippen molar-refractivity contribution in [3.63, 3.8) is 0 Å². The Labute approximate surface area is 238 Å². The lowest BCUT2D eigenvalue weighted by atomic mass is 10.0. The molecule has 0 aliphatic carbocycles. The van der Waals surface area contributed by atoms with Crippen molar-refractivity contribution in [1.82, 2.24) is 25.2 Å². The normalized spacial score (nSPS) is 14.5. The lowest BCUT2D eigenvalue weighted by Crippen LogP contribution is -2.45. The van der Waals surface area contributed by atoms with E-state index in [9.17, 15) is 9.18 Å². The quantitative estimate of drug-likeness (QED) is 0.277.